The number of rotatable bonds is 4. The first-order chi connectivity index (χ1) is 15.7. The van der Waals surface area contributed by atoms with Crippen LogP contribution < -0.4 is 10.6 Å². The lowest BCUT2D eigenvalue weighted by Crippen LogP contribution is -2.45. The molecule has 3 aromatic heterocycles. The highest BCUT2D eigenvalue weighted by Crippen LogP contribution is 2.30. The lowest BCUT2D eigenvalue weighted by atomic mass is 10.3. The number of anilines is 2. The molecule has 2 saturated heterocycles. The van der Waals surface area contributed by atoms with Crippen LogP contribution in [0.2, 0.25) is 0 Å². The molecule has 1 unspecified atom stereocenters. The monoisotopic (exact) mass is 439 g/mol. The molecule has 0 aliphatic carbocycles. The number of nitrogens with two attached hydrogens (primary N) is 1. The van der Waals surface area contributed by atoms with Crippen molar-refractivity contribution < 1.29 is 14.3 Å². The fourth-order valence-corrected chi connectivity index (χ4v) is 4.01. The number of ether oxygens (including phenoxy) is 2. The second-order valence-electron chi connectivity index (χ2n) is 7.62. The maximum atomic E-state index is 12.6. The Morgan fingerprint density at radius 3 is 2.59 bits per heavy atom. The molecule has 0 bridgehead atoms. The van der Waals surface area contributed by atoms with Gasteiger partial charge in [-0.3, -0.25) is 9.36 Å². The zero-order chi connectivity index (χ0) is 22.1. The highest BCUT2D eigenvalue weighted by atomic mass is 16.5. The van der Waals surface area contributed by atoms with E-state index in [0.29, 0.717) is 80.9 Å². The number of hydrogen-bond donors (Lipinski definition) is 1. The van der Waals surface area contributed by atoms with Crippen molar-refractivity contribution in [2.75, 3.05) is 56.7 Å². The van der Waals surface area contributed by atoms with Crippen molar-refractivity contribution >= 4 is 28.8 Å². The van der Waals surface area contributed by atoms with E-state index in [0.717, 1.165) is 0 Å². The van der Waals surface area contributed by atoms with Crippen LogP contribution in [0.15, 0.2) is 18.7 Å². The van der Waals surface area contributed by atoms with Crippen LogP contribution in [0, 0.1) is 0 Å². The SMILES string of the molecule is CCC(=O)N1CCOCC1n1cnc2c(N3CCOCC3)nc(-c3cnc(N)nc3)nc21. The molecule has 2 N–H and O–H groups in total. The zero-order valence-corrected chi connectivity index (χ0v) is 17.8. The van der Waals surface area contributed by atoms with Gasteiger partial charge in [-0.05, 0) is 0 Å². The quantitative estimate of drug-likeness (QED) is 0.610. The van der Waals surface area contributed by atoms with E-state index in [1.165, 1.54) is 0 Å². The molecule has 0 radical (unpaired) electrons. The Balaban J connectivity index is 1.65. The summed E-state index contributed by atoms with van der Waals surface area (Å²) in [5.41, 5.74) is 7.59. The first kappa shape index (κ1) is 20.5. The summed E-state index contributed by atoms with van der Waals surface area (Å²) in [4.78, 5) is 39.0. The molecule has 1 amide bonds. The molecule has 168 valence electrons. The summed E-state index contributed by atoms with van der Waals surface area (Å²) in [6.45, 7) is 5.89. The Labute approximate surface area is 184 Å². The Hall–Kier alpha value is -3.38. The van der Waals surface area contributed by atoms with E-state index in [1.54, 1.807) is 18.7 Å². The molecule has 2 aliphatic heterocycles. The Morgan fingerprint density at radius 1 is 1.09 bits per heavy atom. The second-order valence-corrected chi connectivity index (χ2v) is 7.62. The molecule has 12 nitrogen and oxygen atoms in total. The van der Waals surface area contributed by atoms with E-state index < -0.39 is 0 Å². The van der Waals surface area contributed by atoms with E-state index in [2.05, 4.69) is 19.9 Å². The van der Waals surface area contributed by atoms with Crippen LogP contribution in [0.4, 0.5) is 11.8 Å². The van der Waals surface area contributed by atoms with Gasteiger partial charge in [-0.1, -0.05) is 6.92 Å². The Bertz CT molecular complexity index is 1110. The predicted octanol–water partition coefficient (Wildman–Crippen LogP) is 0.470. The maximum Gasteiger partial charge on any atom is 0.224 e. The van der Waals surface area contributed by atoms with Crippen molar-refractivity contribution in [2.45, 2.75) is 19.5 Å². The average Bonchev–Trinajstić information content (AvgIpc) is 3.28. The number of aromatic nitrogens is 6. The summed E-state index contributed by atoms with van der Waals surface area (Å²) in [6.07, 6.45) is 5.00. The van der Waals surface area contributed by atoms with Crippen LogP contribution in [-0.2, 0) is 14.3 Å². The van der Waals surface area contributed by atoms with Gasteiger partial charge in [-0.25, -0.2) is 24.9 Å². The van der Waals surface area contributed by atoms with Gasteiger partial charge in [0.1, 0.15) is 6.17 Å². The molecule has 5 rings (SSSR count). The van der Waals surface area contributed by atoms with E-state index in [1.807, 2.05) is 16.4 Å². The van der Waals surface area contributed by atoms with Gasteiger partial charge in [0.2, 0.25) is 11.9 Å². The first-order valence-corrected chi connectivity index (χ1v) is 10.7. The van der Waals surface area contributed by atoms with Gasteiger partial charge in [-0.15, -0.1) is 0 Å². The standard InChI is InChI=1S/C20H25N9O3/c1-2-15(30)28-5-8-32-11-14(28)29-12-24-16-18(27-3-6-31-7-4-27)25-17(26-19(16)29)13-9-22-20(21)23-10-13/h9-10,12,14H,2-8,11H2,1H3,(H2,21,22,23). The van der Waals surface area contributed by atoms with Crippen LogP contribution in [0.3, 0.4) is 0 Å². The van der Waals surface area contributed by atoms with Crippen LogP contribution in [0.25, 0.3) is 22.6 Å². The lowest BCUT2D eigenvalue weighted by Gasteiger charge is -2.36. The van der Waals surface area contributed by atoms with Crippen LogP contribution in [-0.4, -0.2) is 86.4 Å². The number of nitrogens with zero attached hydrogens (tertiary/aromatic N) is 8. The number of fused-ring (bicyclic) bond motifs is 1. The first-order valence-electron chi connectivity index (χ1n) is 10.7. The van der Waals surface area contributed by atoms with Crippen molar-refractivity contribution in [2.24, 2.45) is 0 Å². The molecule has 3 aromatic rings. The number of imidazole rings is 1. The van der Waals surface area contributed by atoms with Crippen molar-refractivity contribution in [1.82, 2.24) is 34.4 Å². The van der Waals surface area contributed by atoms with Gasteiger partial charge < -0.3 is 25.0 Å². The molecule has 12 heteroatoms. The van der Waals surface area contributed by atoms with Crippen molar-refractivity contribution in [3.63, 3.8) is 0 Å². The summed E-state index contributed by atoms with van der Waals surface area (Å²) in [5.74, 6) is 1.43. The normalized spacial score (nSPS) is 19.5. The molecular weight excluding hydrogens is 414 g/mol. The molecule has 0 saturated carbocycles. The Kier molecular flexibility index (Phi) is 5.53. The van der Waals surface area contributed by atoms with E-state index in [4.69, 9.17) is 25.2 Å². The molecule has 2 aliphatic rings. The third kappa shape index (κ3) is 3.71. The van der Waals surface area contributed by atoms with E-state index >= 15 is 0 Å². The maximum absolute atomic E-state index is 12.6. The van der Waals surface area contributed by atoms with Crippen molar-refractivity contribution in [1.29, 1.82) is 0 Å². The number of nitrogen functional groups attached to an aromatic ring is 1. The highest BCUT2D eigenvalue weighted by molar-refractivity contribution is 5.86. The molecule has 32 heavy (non-hydrogen) atoms. The van der Waals surface area contributed by atoms with Gasteiger partial charge in [-0.2, -0.15) is 0 Å². The number of morpholine rings is 2. The summed E-state index contributed by atoms with van der Waals surface area (Å²) >= 11 is 0. The third-order valence-corrected chi connectivity index (χ3v) is 5.69. The van der Waals surface area contributed by atoms with E-state index in [9.17, 15) is 4.79 Å². The summed E-state index contributed by atoms with van der Waals surface area (Å²) in [5, 5.41) is 0. The minimum absolute atomic E-state index is 0.0646. The van der Waals surface area contributed by atoms with Gasteiger partial charge in [0.25, 0.3) is 0 Å². The summed E-state index contributed by atoms with van der Waals surface area (Å²) < 4.78 is 13.1. The molecule has 0 spiro atoms. The molecule has 1 atom stereocenters. The average molecular weight is 439 g/mol. The van der Waals surface area contributed by atoms with Gasteiger partial charge in [0.05, 0.1) is 38.3 Å². The Morgan fingerprint density at radius 2 is 1.84 bits per heavy atom. The summed E-state index contributed by atoms with van der Waals surface area (Å²) in [7, 11) is 0. The van der Waals surface area contributed by atoms with Crippen molar-refractivity contribution in [3.05, 3.63) is 18.7 Å². The van der Waals surface area contributed by atoms with Gasteiger partial charge >= 0.3 is 0 Å². The molecule has 2 fully saturated rings. The third-order valence-electron chi connectivity index (χ3n) is 5.69. The van der Waals surface area contributed by atoms with Crippen molar-refractivity contribution in [3.8, 4) is 11.4 Å². The summed E-state index contributed by atoms with van der Waals surface area (Å²) in [6, 6.07) is 0. The van der Waals surface area contributed by atoms with Crippen LogP contribution >= 0.6 is 0 Å². The highest BCUT2D eigenvalue weighted by Gasteiger charge is 2.31. The van der Waals surface area contributed by atoms with Gasteiger partial charge in [0.15, 0.2) is 22.8 Å². The fraction of sp³-hybridized carbons (Fsp3) is 0.500. The lowest BCUT2D eigenvalue weighted by molar-refractivity contribution is -0.143. The number of carbonyl (C=O) groups excluding carboxylic acids is 1. The predicted molar refractivity (Wildman–Crippen MR) is 116 cm³/mol. The minimum atomic E-state index is -0.329. The molecule has 5 heterocycles. The smallest absolute Gasteiger partial charge is 0.224 e. The van der Waals surface area contributed by atoms with Crippen LogP contribution in [0.5, 0.6) is 0 Å². The number of hydrogen-bond acceptors (Lipinski definition) is 10. The zero-order valence-electron chi connectivity index (χ0n) is 17.8. The largest absolute Gasteiger partial charge is 0.378 e. The molecular formula is C20H25N9O3. The van der Waals surface area contributed by atoms with E-state index in [-0.39, 0.29) is 18.0 Å². The number of amides is 1. The molecule has 0 aromatic carbocycles. The minimum Gasteiger partial charge on any atom is -0.378 e. The number of carbonyl (C=O) groups is 1. The topological polar surface area (TPSA) is 137 Å². The van der Waals surface area contributed by atoms with Gasteiger partial charge in [0, 0.05) is 38.4 Å². The van der Waals surface area contributed by atoms with Crippen LogP contribution in [0.1, 0.15) is 19.5 Å². The second kappa shape index (κ2) is 8.63. The fourth-order valence-electron chi connectivity index (χ4n) is 4.01.